The Hall–Kier alpha value is -1.93. The monoisotopic (exact) mass is 321 g/mol. The first-order valence-electron chi connectivity index (χ1n) is 7.00. The highest BCUT2D eigenvalue weighted by atomic mass is 32.2. The van der Waals surface area contributed by atoms with E-state index in [1.54, 1.807) is 11.8 Å². The number of nitrogens with one attached hydrogen (secondary N) is 1. The number of hydrogen-bond acceptors (Lipinski definition) is 6. The van der Waals surface area contributed by atoms with Crippen molar-refractivity contribution in [3.63, 3.8) is 0 Å². The fourth-order valence-corrected chi connectivity index (χ4v) is 3.45. The maximum Gasteiger partial charge on any atom is 0.271 e. The lowest BCUT2D eigenvalue weighted by molar-refractivity contribution is -0.384. The van der Waals surface area contributed by atoms with E-state index in [2.05, 4.69) is 9.97 Å². The summed E-state index contributed by atoms with van der Waals surface area (Å²) in [6, 6.07) is 4.09. The van der Waals surface area contributed by atoms with Crippen LogP contribution < -0.4 is 5.56 Å². The smallest absolute Gasteiger partial charge is 0.271 e. The normalized spacial score (nSPS) is 16.0. The summed E-state index contributed by atoms with van der Waals surface area (Å²) >= 11 is 1.73. The van der Waals surface area contributed by atoms with Gasteiger partial charge in [-0.1, -0.05) is 0 Å². The van der Waals surface area contributed by atoms with Crippen molar-refractivity contribution in [3.8, 4) is 0 Å². The van der Waals surface area contributed by atoms with Crippen molar-refractivity contribution in [1.82, 2.24) is 9.97 Å². The lowest BCUT2D eigenvalue weighted by Gasteiger charge is -2.21. The van der Waals surface area contributed by atoms with Gasteiger partial charge in [-0.25, -0.2) is 4.98 Å². The summed E-state index contributed by atoms with van der Waals surface area (Å²) in [5, 5.41) is 11.7. The first-order chi connectivity index (χ1) is 10.6. The van der Waals surface area contributed by atoms with Crippen LogP contribution in [0.1, 0.15) is 18.7 Å². The molecule has 0 aliphatic carbocycles. The molecule has 1 aliphatic rings. The van der Waals surface area contributed by atoms with Gasteiger partial charge in [0.1, 0.15) is 5.82 Å². The molecule has 116 valence electrons. The number of rotatable bonds is 4. The van der Waals surface area contributed by atoms with E-state index in [1.165, 1.54) is 18.2 Å². The standard InChI is InChI=1S/C14H15N3O4S/c18-14-11-2-1-9(17(19)20)7-12(11)15-13(16-14)8-22-10-3-5-21-6-4-10/h1-2,7,10H,3-6,8H2,(H,15,16,18). The molecule has 1 saturated heterocycles. The lowest BCUT2D eigenvalue weighted by atomic mass is 10.2. The van der Waals surface area contributed by atoms with Crippen LogP contribution in [0.5, 0.6) is 0 Å². The van der Waals surface area contributed by atoms with E-state index in [4.69, 9.17) is 4.74 Å². The summed E-state index contributed by atoms with van der Waals surface area (Å²) in [4.78, 5) is 29.5. The number of fused-ring (bicyclic) bond motifs is 1. The van der Waals surface area contributed by atoms with E-state index in [1.807, 2.05) is 0 Å². The van der Waals surface area contributed by atoms with Crippen LogP contribution >= 0.6 is 11.8 Å². The van der Waals surface area contributed by atoms with Gasteiger partial charge in [0.2, 0.25) is 0 Å². The number of H-pyrrole nitrogens is 1. The van der Waals surface area contributed by atoms with Crippen molar-refractivity contribution in [2.75, 3.05) is 13.2 Å². The Labute approximate surface area is 130 Å². The van der Waals surface area contributed by atoms with Gasteiger partial charge in [0.25, 0.3) is 11.2 Å². The molecule has 1 aromatic carbocycles. The molecule has 0 bridgehead atoms. The number of non-ortho nitro benzene ring substituents is 1. The molecule has 22 heavy (non-hydrogen) atoms. The van der Waals surface area contributed by atoms with E-state index in [0.717, 1.165) is 26.1 Å². The molecule has 3 rings (SSSR count). The SMILES string of the molecule is O=c1[nH]c(CSC2CCOCC2)nc2cc([N+](=O)[O-])ccc12. The number of thioether (sulfide) groups is 1. The van der Waals surface area contributed by atoms with Crippen LogP contribution in [0.25, 0.3) is 10.9 Å². The molecule has 2 heterocycles. The highest BCUT2D eigenvalue weighted by Gasteiger charge is 2.15. The first-order valence-corrected chi connectivity index (χ1v) is 8.05. The maximum absolute atomic E-state index is 12.0. The first kappa shape index (κ1) is 15.0. The van der Waals surface area contributed by atoms with Gasteiger partial charge in [-0.05, 0) is 18.9 Å². The van der Waals surface area contributed by atoms with Gasteiger partial charge in [-0.2, -0.15) is 11.8 Å². The average molecular weight is 321 g/mol. The number of ether oxygens (including phenoxy) is 1. The van der Waals surface area contributed by atoms with Crippen molar-refractivity contribution < 1.29 is 9.66 Å². The summed E-state index contributed by atoms with van der Waals surface area (Å²) in [6.07, 6.45) is 1.99. The second kappa shape index (κ2) is 6.45. The number of hydrogen-bond donors (Lipinski definition) is 1. The Kier molecular flexibility index (Phi) is 4.39. The van der Waals surface area contributed by atoms with Crippen molar-refractivity contribution >= 4 is 28.4 Å². The number of nitrogens with zero attached hydrogens (tertiary/aromatic N) is 2. The van der Waals surface area contributed by atoms with Crippen LogP contribution in [0, 0.1) is 10.1 Å². The minimum Gasteiger partial charge on any atom is -0.381 e. The molecule has 1 N–H and O–H groups in total. The average Bonchev–Trinajstić information content (AvgIpc) is 2.53. The third-order valence-corrected chi connectivity index (χ3v) is 4.96. The molecular formula is C14H15N3O4S. The summed E-state index contributed by atoms with van der Waals surface area (Å²) in [5.41, 5.74) is 0.0386. The van der Waals surface area contributed by atoms with E-state index in [-0.39, 0.29) is 11.2 Å². The predicted octanol–water partition coefficient (Wildman–Crippen LogP) is 2.24. The van der Waals surface area contributed by atoms with Gasteiger partial charge in [0.05, 0.1) is 21.6 Å². The molecular weight excluding hydrogens is 306 g/mol. The number of nitro benzene ring substituents is 1. The van der Waals surface area contributed by atoms with Gasteiger partial charge in [0.15, 0.2) is 0 Å². The Balaban J connectivity index is 1.83. The number of aromatic nitrogens is 2. The quantitative estimate of drug-likeness (QED) is 0.685. The molecule has 0 unspecified atom stereocenters. The molecule has 0 radical (unpaired) electrons. The molecule has 0 saturated carbocycles. The zero-order chi connectivity index (χ0) is 15.5. The largest absolute Gasteiger partial charge is 0.381 e. The van der Waals surface area contributed by atoms with Crippen molar-refractivity contribution in [3.05, 3.63) is 44.5 Å². The Morgan fingerprint density at radius 2 is 2.18 bits per heavy atom. The van der Waals surface area contributed by atoms with Crippen LogP contribution in [-0.4, -0.2) is 33.4 Å². The fraction of sp³-hybridized carbons (Fsp3) is 0.429. The third kappa shape index (κ3) is 3.28. The zero-order valence-electron chi connectivity index (χ0n) is 11.8. The Morgan fingerprint density at radius 1 is 1.41 bits per heavy atom. The van der Waals surface area contributed by atoms with Crippen molar-refractivity contribution in [2.24, 2.45) is 0 Å². The summed E-state index contributed by atoms with van der Waals surface area (Å²) in [5.74, 6) is 1.13. The fourth-order valence-electron chi connectivity index (χ4n) is 2.40. The topological polar surface area (TPSA) is 98.1 Å². The number of aromatic amines is 1. The highest BCUT2D eigenvalue weighted by Crippen LogP contribution is 2.25. The van der Waals surface area contributed by atoms with Crippen molar-refractivity contribution in [2.45, 2.75) is 23.8 Å². The lowest BCUT2D eigenvalue weighted by Crippen LogP contribution is -2.18. The molecule has 0 spiro atoms. The molecule has 1 fully saturated rings. The Morgan fingerprint density at radius 3 is 2.91 bits per heavy atom. The maximum atomic E-state index is 12.0. The molecule has 8 heteroatoms. The number of nitro groups is 1. The van der Waals surface area contributed by atoms with E-state index >= 15 is 0 Å². The van der Waals surface area contributed by atoms with Crippen LogP contribution in [0.3, 0.4) is 0 Å². The van der Waals surface area contributed by atoms with Gasteiger partial charge in [-0.15, -0.1) is 0 Å². The summed E-state index contributed by atoms with van der Waals surface area (Å²) in [7, 11) is 0. The highest BCUT2D eigenvalue weighted by molar-refractivity contribution is 7.99. The second-order valence-corrected chi connectivity index (χ2v) is 6.38. The zero-order valence-corrected chi connectivity index (χ0v) is 12.6. The number of benzene rings is 1. The Bertz CT molecular complexity index is 755. The van der Waals surface area contributed by atoms with Crippen molar-refractivity contribution in [1.29, 1.82) is 0 Å². The molecule has 7 nitrogen and oxygen atoms in total. The third-order valence-electron chi connectivity index (χ3n) is 3.57. The summed E-state index contributed by atoms with van der Waals surface area (Å²) in [6.45, 7) is 1.54. The summed E-state index contributed by atoms with van der Waals surface area (Å²) < 4.78 is 5.31. The predicted molar refractivity (Wildman–Crippen MR) is 84.2 cm³/mol. The minimum absolute atomic E-state index is 0.0615. The van der Waals surface area contributed by atoms with Crippen LogP contribution in [0.4, 0.5) is 5.69 Å². The molecule has 0 atom stereocenters. The minimum atomic E-state index is -0.487. The van der Waals surface area contributed by atoms with E-state index < -0.39 is 4.92 Å². The van der Waals surface area contributed by atoms with E-state index in [0.29, 0.717) is 27.7 Å². The van der Waals surface area contributed by atoms with E-state index in [9.17, 15) is 14.9 Å². The van der Waals surface area contributed by atoms with Gasteiger partial charge in [-0.3, -0.25) is 14.9 Å². The van der Waals surface area contributed by atoms with Crippen LogP contribution in [0.15, 0.2) is 23.0 Å². The molecule has 1 aromatic heterocycles. The molecule has 0 amide bonds. The van der Waals surface area contributed by atoms with Gasteiger partial charge in [0, 0.05) is 30.6 Å². The van der Waals surface area contributed by atoms with Gasteiger partial charge < -0.3 is 9.72 Å². The van der Waals surface area contributed by atoms with Crippen LogP contribution in [0.2, 0.25) is 0 Å². The van der Waals surface area contributed by atoms with Crippen LogP contribution in [-0.2, 0) is 10.5 Å². The molecule has 2 aromatic rings. The van der Waals surface area contributed by atoms with Gasteiger partial charge >= 0.3 is 0 Å². The second-order valence-electron chi connectivity index (χ2n) is 5.09. The molecule has 1 aliphatic heterocycles.